The molecule has 3 aromatic rings. The summed E-state index contributed by atoms with van der Waals surface area (Å²) in [7, 11) is 0. The fourth-order valence-corrected chi connectivity index (χ4v) is 2.54. The van der Waals surface area contributed by atoms with Crippen LogP contribution in [0.2, 0.25) is 0 Å². The van der Waals surface area contributed by atoms with E-state index < -0.39 is 0 Å². The summed E-state index contributed by atoms with van der Waals surface area (Å²) >= 11 is 0. The lowest BCUT2D eigenvalue weighted by molar-refractivity contribution is 0.0715. The molecule has 0 N–H and O–H groups in total. The van der Waals surface area contributed by atoms with Gasteiger partial charge in [0.15, 0.2) is 0 Å². The third kappa shape index (κ3) is 3.90. The van der Waals surface area contributed by atoms with Crippen LogP contribution in [0.15, 0.2) is 71.5 Å². The van der Waals surface area contributed by atoms with Crippen molar-refractivity contribution < 1.29 is 9.21 Å². The zero-order valence-corrected chi connectivity index (χ0v) is 13.7. The van der Waals surface area contributed by atoms with Gasteiger partial charge in [-0.25, -0.2) is 0 Å². The van der Waals surface area contributed by atoms with Crippen molar-refractivity contribution in [2.45, 2.75) is 26.4 Å². The molecule has 0 fully saturated rings. The Morgan fingerprint density at radius 2 is 1.88 bits per heavy atom. The summed E-state index contributed by atoms with van der Waals surface area (Å²) in [5, 5.41) is 0. The Labute approximate surface area is 141 Å². The van der Waals surface area contributed by atoms with Gasteiger partial charge in [0, 0.05) is 11.8 Å². The molecule has 0 aliphatic heterocycles. The molecule has 0 radical (unpaired) electrons. The maximum absolute atomic E-state index is 12.9. The molecular formula is C20H20N2O2. The highest BCUT2D eigenvalue weighted by Crippen LogP contribution is 2.14. The van der Waals surface area contributed by atoms with Gasteiger partial charge in [0.25, 0.3) is 5.91 Å². The Morgan fingerprint density at radius 1 is 1.04 bits per heavy atom. The zero-order chi connectivity index (χ0) is 16.8. The van der Waals surface area contributed by atoms with Crippen molar-refractivity contribution in [2.24, 2.45) is 0 Å². The number of rotatable bonds is 6. The highest BCUT2D eigenvalue weighted by atomic mass is 16.3. The molecule has 0 aliphatic rings. The molecule has 24 heavy (non-hydrogen) atoms. The minimum atomic E-state index is -0.0280. The second-order valence-corrected chi connectivity index (χ2v) is 5.61. The standard InChI is InChI=1S/C20H20N2O2/c1-2-16-8-10-17(11-9-16)20(23)22(15-19-7-5-13-24-19)14-18-6-3-4-12-21-18/h3-13H,2,14-15H2,1H3. The van der Waals surface area contributed by atoms with E-state index in [-0.39, 0.29) is 5.91 Å². The van der Waals surface area contributed by atoms with Crippen LogP contribution in [0.25, 0.3) is 0 Å². The zero-order valence-electron chi connectivity index (χ0n) is 13.7. The van der Waals surface area contributed by atoms with Gasteiger partial charge >= 0.3 is 0 Å². The van der Waals surface area contributed by atoms with Crippen molar-refractivity contribution >= 4 is 5.91 Å². The van der Waals surface area contributed by atoms with Gasteiger partial charge in [-0.1, -0.05) is 25.1 Å². The second kappa shape index (κ2) is 7.59. The Balaban J connectivity index is 1.83. The smallest absolute Gasteiger partial charge is 0.254 e. The van der Waals surface area contributed by atoms with Crippen LogP contribution in [0.3, 0.4) is 0 Å². The highest BCUT2D eigenvalue weighted by Gasteiger charge is 2.18. The largest absolute Gasteiger partial charge is 0.467 e. The predicted molar refractivity (Wildman–Crippen MR) is 92.3 cm³/mol. The van der Waals surface area contributed by atoms with E-state index in [1.165, 1.54) is 5.56 Å². The molecule has 1 aromatic carbocycles. The van der Waals surface area contributed by atoms with E-state index >= 15 is 0 Å². The summed E-state index contributed by atoms with van der Waals surface area (Å²) < 4.78 is 5.41. The van der Waals surface area contributed by atoms with Gasteiger partial charge in [-0.15, -0.1) is 0 Å². The van der Waals surface area contributed by atoms with Gasteiger partial charge in [0.1, 0.15) is 5.76 Å². The summed E-state index contributed by atoms with van der Waals surface area (Å²) in [6, 6.07) is 17.2. The van der Waals surface area contributed by atoms with E-state index in [1.807, 2.05) is 54.6 Å². The predicted octanol–water partition coefficient (Wildman–Crippen LogP) is 4.08. The molecule has 0 saturated heterocycles. The molecule has 3 rings (SSSR count). The summed E-state index contributed by atoms with van der Waals surface area (Å²) in [5.74, 6) is 0.726. The highest BCUT2D eigenvalue weighted by molar-refractivity contribution is 5.94. The number of carbonyl (C=O) groups is 1. The van der Waals surface area contributed by atoms with Gasteiger partial charge in [-0.3, -0.25) is 9.78 Å². The van der Waals surface area contributed by atoms with Crippen LogP contribution in [0.5, 0.6) is 0 Å². The summed E-state index contributed by atoms with van der Waals surface area (Å²) in [6.07, 6.45) is 4.31. The van der Waals surface area contributed by atoms with Crippen molar-refractivity contribution in [1.82, 2.24) is 9.88 Å². The normalized spacial score (nSPS) is 10.5. The van der Waals surface area contributed by atoms with Crippen LogP contribution in [0, 0.1) is 0 Å². The van der Waals surface area contributed by atoms with Crippen molar-refractivity contribution in [1.29, 1.82) is 0 Å². The number of amides is 1. The first-order chi connectivity index (χ1) is 11.8. The van der Waals surface area contributed by atoms with E-state index in [9.17, 15) is 4.79 Å². The molecular weight excluding hydrogens is 300 g/mol. The van der Waals surface area contributed by atoms with Crippen LogP contribution in [0.1, 0.15) is 34.3 Å². The molecule has 4 nitrogen and oxygen atoms in total. The summed E-state index contributed by atoms with van der Waals surface area (Å²) in [4.78, 5) is 19.0. The number of aryl methyl sites for hydroxylation is 1. The first kappa shape index (κ1) is 16.0. The van der Waals surface area contributed by atoms with Crippen LogP contribution in [-0.4, -0.2) is 15.8 Å². The van der Waals surface area contributed by atoms with Gasteiger partial charge < -0.3 is 9.32 Å². The number of furan rings is 1. The molecule has 122 valence electrons. The van der Waals surface area contributed by atoms with E-state index in [1.54, 1.807) is 17.4 Å². The Bertz CT molecular complexity index is 765. The molecule has 2 aromatic heterocycles. The molecule has 0 bridgehead atoms. The SMILES string of the molecule is CCc1ccc(C(=O)N(Cc2ccccn2)Cc2ccco2)cc1. The minimum Gasteiger partial charge on any atom is -0.467 e. The maximum atomic E-state index is 12.9. The number of hydrogen-bond donors (Lipinski definition) is 0. The van der Waals surface area contributed by atoms with E-state index in [0.29, 0.717) is 18.7 Å². The number of benzene rings is 1. The lowest BCUT2D eigenvalue weighted by atomic mass is 10.1. The van der Waals surface area contributed by atoms with Crippen LogP contribution in [0.4, 0.5) is 0 Å². The first-order valence-electron chi connectivity index (χ1n) is 8.06. The number of pyridine rings is 1. The van der Waals surface area contributed by atoms with Gasteiger partial charge in [0.2, 0.25) is 0 Å². The Kier molecular flexibility index (Phi) is 5.06. The third-order valence-electron chi connectivity index (χ3n) is 3.90. The fourth-order valence-electron chi connectivity index (χ4n) is 2.54. The number of hydrogen-bond acceptors (Lipinski definition) is 3. The molecule has 2 heterocycles. The van der Waals surface area contributed by atoms with Crippen molar-refractivity contribution in [3.05, 3.63) is 89.6 Å². The molecule has 0 saturated carbocycles. The number of carbonyl (C=O) groups excluding carboxylic acids is 1. The molecule has 4 heteroatoms. The van der Waals surface area contributed by atoms with Gasteiger partial charge in [0.05, 0.1) is 25.0 Å². The van der Waals surface area contributed by atoms with Crippen LogP contribution in [-0.2, 0) is 19.5 Å². The molecule has 1 amide bonds. The maximum Gasteiger partial charge on any atom is 0.254 e. The third-order valence-corrected chi connectivity index (χ3v) is 3.90. The van der Waals surface area contributed by atoms with Crippen LogP contribution >= 0.6 is 0 Å². The van der Waals surface area contributed by atoms with E-state index in [4.69, 9.17) is 4.42 Å². The topological polar surface area (TPSA) is 46.3 Å². The number of nitrogens with zero attached hydrogens (tertiary/aromatic N) is 2. The number of aromatic nitrogens is 1. The lowest BCUT2D eigenvalue weighted by Crippen LogP contribution is -2.30. The Hall–Kier alpha value is -2.88. The van der Waals surface area contributed by atoms with Gasteiger partial charge in [-0.05, 0) is 48.4 Å². The molecule has 0 unspecified atom stereocenters. The lowest BCUT2D eigenvalue weighted by Gasteiger charge is -2.21. The first-order valence-corrected chi connectivity index (χ1v) is 8.06. The Morgan fingerprint density at radius 3 is 2.50 bits per heavy atom. The molecule has 0 atom stereocenters. The summed E-state index contributed by atoms with van der Waals surface area (Å²) in [5.41, 5.74) is 2.74. The van der Waals surface area contributed by atoms with Crippen molar-refractivity contribution in [2.75, 3.05) is 0 Å². The fraction of sp³-hybridized carbons (Fsp3) is 0.200. The van der Waals surface area contributed by atoms with Crippen molar-refractivity contribution in [3.63, 3.8) is 0 Å². The van der Waals surface area contributed by atoms with E-state index in [2.05, 4.69) is 11.9 Å². The summed E-state index contributed by atoms with van der Waals surface area (Å²) in [6.45, 7) is 2.95. The van der Waals surface area contributed by atoms with E-state index in [0.717, 1.165) is 17.9 Å². The second-order valence-electron chi connectivity index (χ2n) is 5.61. The quantitative estimate of drug-likeness (QED) is 0.687. The average Bonchev–Trinajstić information content (AvgIpc) is 3.15. The molecule has 0 aliphatic carbocycles. The average molecular weight is 320 g/mol. The minimum absolute atomic E-state index is 0.0280. The monoisotopic (exact) mass is 320 g/mol. The van der Waals surface area contributed by atoms with Crippen molar-refractivity contribution in [3.8, 4) is 0 Å². The van der Waals surface area contributed by atoms with Crippen LogP contribution < -0.4 is 0 Å². The van der Waals surface area contributed by atoms with Gasteiger partial charge in [-0.2, -0.15) is 0 Å². The molecule has 0 spiro atoms.